The molecule has 2 aromatic carbocycles. The van der Waals surface area contributed by atoms with E-state index in [1.54, 1.807) is 6.07 Å². The lowest BCUT2D eigenvalue weighted by Crippen LogP contribution is -2.32. The van der Waals surface area contributed by atoms with Crippen LogP contribution in [0.1, 0.15) is 24.0 Å². The van der Waals surface area contributed by atoms with Crippen LogP contribution in [0.5, 0.6) is 5.75 Å². The highest BCUT2D eigenvalue weighted by atomic mass is 16.8. The Labute approximate surface area is 132 Å². The highest BCUT2D eigenvalue weighted by Crippen LogP contribution is 2.55. The Bertz CT molecular complexity index is 976. The summed E-state index contributed by atoms with van der Waals surface area (Å²) in [4.78, 5) is 12.6. The third-order valence-corrected chi connectivity index (χ3v) is 4.70. The largest absolute Gasteiger partial charge is 0.458 e. The van der Waals surface area contributed by atoms with Crippen LogP contribution in [0.15, 0.2) is 63.8 Å². The third-order valence-electron chi connectivity index (χ3n) is 4.70. The number of benzene rings is 2. The molecule has 0 radical (unpaired) electrons. The molecule has 1 aromatic heterocycles. The zero-order valence-electron chi connectivity index (χ0n) is 12.5. The van der Waals surface area contributed by atoms with Crippen LogP contribution in [0.3, 0.4) is 0 Å². The molecule has 0 N–H and O–H groups in total. The topological polar surface area (TPSA) is 52.0 Å². The Morgan fingerprint density at radius 2 is 1.74 bits per heavy atom. The van der Waals surface area contributed by atoms with Crippen LogP contribution in [-0.4, -0.2) is 11.9 Å². The van der Waals surface area contributed by atoms with E-state index in [1.165, 1.54) is 0 Å². The molecule has 0 aliphatic carbocycles. The molecule has 0 spiro atoms. The fourth-order valence-electron chi connectivity index (χ4n) is 3.54. The summed E-state index contributed by atoms with van der Waals surface area (Å²) in [5, 5.41) is 0.804. The molecule has 23 heavy (non-hydrogen) atoms. The molecular formula is C19H14O4. The SMILES string of the molecule is C[C@@]12Oc3c(c(=O)oc4ccccc34)[C@@H](c3ccccc3)[C@H]1O2. The summed E-state index contributed by atoms with van der Waals surface area (Å²) in [6.07, 6.45) is -0.165. The molecule has 3 atom stereocenters. The van der Waals surface area contributed by atoms with Gasteiger partial charge in [-0.3, -0.25) is 0 Å². The molecule has 2 aliphatic heterocycles. The van der Waals surface area contributed by atoms with E-state index < -0.39 is 5.79 Å². The molecule has 4 nitrogen and oxygen atoms in total. The maximum absolute atomic E-state index is 12.6. The normalized spacial score (nSPS) is 27.9. The monoisotopic (exact) mass is 306 g/mol. The summed E-state index contributed by atoms with van der Waals surface area (Å²) >= 11 is 0. The summed E-state index contributed by atoms with van der Waals surface area (Å²) in [5.41, 5.74) is 1.76. The zero-order chi connectivity index (χ0) is 15.6. The Kier molecular flexibility index (Phi) is 2.38. The van der Waals surface area contributed by atoms with Gasteiger partial charge in [-0.05, 0) is 17.7 Å². The first-order valence-corrected chi connectivity index (χ1v) is 7.65. The first-order chi connectivity index (χ1) is 11.2. The smallest absolute Gasteiger partial charge is 0.343 e. The van der Waals surface area contributed by atoms with Crippen molar-refractivity contribution >= 4 is 11.0 Å². The van der Waals surface area contributed by atoms with Crippen molar-refractivity contribution in [3.63, 3.8) is 0 Å². The van der Waals surface area contributed by atoms with E-state index in [2.05, 4.69) is 0 Å². The molecule has 0 saturated carbocycles. The molecule has 2 aliphatic rings. The third kappa shape index (κ3) is 1.72. The summed E-state index contributed by atoms with van der Waals surface area (Å²) in [5.74, 6) is -0.267. The standard InChI is InChI=1S/C19H14O4/c1-19-17(23-19)14(11-7-3-2-4-8-11)15-16(22-19)12-9-5-6-10-13(12)21-18(15)20/h2-10,14,17H,1H3/t14-,17-,19+/m1/s1. The van der Waals surface area contributed by atoms with Gasteiger partial charge in [0.1, 0.15) is 17.4 Å². The van der Waals surface area contributed by atoms with Gasteiger partial charge in [-0.1, -0.05) is 42.5 Å². The van der Waals surface area contributed by atoms with E-state index in [0.29, 0.717) is 16.9 Å². The number of para-hydroxylation sites is 1. The maximum Gasteiger partial charge on any atom is 0.343 e. The van der Waals surface area contributed by atoms with Gasteiger partial charge in [0.05, 0.1) is 16.9 Å². The molecule has 114 valence electrons. The average molecular weight is 306 g/mol. The fourth-order valence-corrected chi connectivity index (χ4v) is 3.54. The molecule has 0 bridgehead atoms. The predicted octanol–water partition coefficient (Wildman–Crippen LogP) is 3.43. The quantitative estimate of drug-likeness (QED) is 0.510. The average Bonchev–Trinajstić information content (AvgIpc) is 3.25. The minimum absolute atomic E-state index is 0.165. The Hall–Kier alpha value is -2.59. The van der Waals surface area contributed by atoms with Crippen molar-refractivity contribution in [2.24, 2.45) is 0 Å². The molecule has 5 rings (SSSR count). The molecule has 1 fully saturated rings. The number of hydrogen-bond donors (Lipinski definition) is 0. The van der Waals surface area contributed by atoms with Crippen LogP contribution in [0.25, 0.3) is 11.0 Å². The van der Waals surface area contributed by atoms with Crippen LogP contribution in [-0.2, 0) is 4.74 Å². The van der Waals surface area contributed by atoms with Crippen LogP contribution in [0.2, 0.25) is 0 Å². The Morgan fingerprint density at radius 3 is 2.57 bits per heavy atom. The lowest BCUT2D eigenvalue weighted by molar-refractivity contribution is 0.0796. The summed E-state index contributed by atoms with van der Waals surface area (Å²) < 4.78 is 17.4. The van der Waals surface area contributed by atoms with Gasteiger partial charge in [0.2, 0.25) is 5.79 Å². The molecule has 3 heterocycles. The van der Waals surface area contributed by atoms with E-state index in [1.807, 2.05) is 55.5 Å². The number of rotatable bonds is 1. The molecule has 0 amide bonds. The Morgan fingerprint density at radius 1 is 1.00 bits per heavy atom. The van der Waals surface area contributed by atoms with Crippen LogP contribution >= 0.6 is 0 Å². The van der Waals surface area contributed by atoms with E-state index >= 15 is 0 Å². The van der Waals surface area contributed by atoms with E-state index in [-0.39, 0.29) is 17.6 Å². The van der Waals surface area contributed by atoms with Crippen molar-refractivity contribution in [2.75, 3.05) is 0 Å². The second-order valence-corrected chi connectivity index (χ2v) is 6.17. The first kappa shape index (κ1) is 12.9. The van der Waals surface area contributed by atoms with E-state index in [9.17, 15) is 4.79 Å². The number of hydrogen-bond acceptors (Lipinski definition) is 4. The van der Waals surface area contributed by atoms with Gasteiger partial charge in [0.15, 0.2) is 0 Å². The minimum atomic E-state index is -0.677. The van der Waals surface area contributed by atoms with Crippen molar-refractivity contribution < 1.29 is 13.9 Å². The zero-order valence-corrected chi connectivity index (χ0v) is 12.5. The summed E-state index contributed by atoms with van der Waals surface area (Å²) in [6.45, 7) is 1.92. The predicted molar refractivity (Wildman–Crippen MR) is 84.7 cm³/mol. The second kappa shape index (κ2) is 4.24. The first-order valence-electron chi connectivity index (χ1n) is 7.65. The summed E-state index contributed by atoms with van der Waals surface area (Å²) in [7, 11) is 0. The minimum Gasteiger partial charge on any atom is -0.458 e. The van der Waals surface area contributed by atoms with E-state index in [4.69, 9.17) is 13.9 Å². The van der Waals surface area contributed by atoms with Crippen LogP contribution in [0, 0.1) is 0 Å². The maximum atomic E-state index is 12.6. The van der Waals surface area contributed by atoms with Gasteiger partial charge < -0.3 is 13.9 Å². The molecule has 3 aromatic rings. The lowest BCUT2D eigenvalue weighted by Gasteiger charge is -2.26. The fraction of sp³-hybridized carbons (Fsp3) is 0.211. The van der Waals surface area contributed by atoms with Crippen molar-refractivity contribution in [2.45, 2.75) is 24.7 Å². The van der Waals surface area contributed by atoms with Crippen molar-refractivity contribution in [3.8, 4) is 5.75 Å². The van der Waals surface area contributed by atoms with Gasteiger partial charge >= 0.3 is 5.63 Å². The highest BCUT2D eigenvalue weighted by Gasteiger charge is 2.64. The second-order valence-electron chi connectivity index (χ2n) is 6.17. The molecule has 0 unspecified atom stereocenters. The van der Waals surface area contributed by atoms with Gasteiger partial charge in [-0.25, -0.2) is 4.79 Å². The lowest BCUT2D eigenvalue weighted by atomic mass is 9.84. The molecular weight excluding hydrogens is 292 g/mol. The number of ether oxygens (including phenoxy) is 2. The van der Waals surface area contributed by atoms with Gasteiger partial charge in [0, 0.05) is 6.92 Å². The van der Waals surface area contributed by atoms with Gasteiger partial charge in [-0.15, -0.1) is 0 Å². The van der Waals surface area contributed by atoms with Crippen molar-refractivity contribution in [1.82, 2.24) is 0 Å². The van der Waals surface area contributed by atoms with Crippen molar-refractivity contribution in [3.05, 3.63) is 76.1 Å². The van der Waals surface area contributed by atoms with E-state index in [0.717, 1.165) is 10.9 Å². The molecule has 4 heteroatoms. The van der Waals surface area contributed by atoms with Crippen molar-refractivity contribution in [1.29, 1.82) is 0 Å². The number of epoxide rings is 1. The van der Waals surface area contributed by atoms with Gasteiger partial charge in [0.25, 0.3) is 0 Å². The number of fused-ring (bicyclic) bond motifs is 4. The Balaban J connectivity index is 1.84. The van der Waals surface area contributed by atoms with Crippen LogP contribution < -0.4 is 10.4 Å². The van der Waals surface area contributed by atoms with Gasteiger partial charge in [-0.2, -0.15) is 0 Å². The van der Waals surface area contributed by atoms with Crippen LogP contribution in [0.4, 0.5) is 0 Å². The summed E-state index contributed by atoms with van der Waals surface area (Å²) in [6, 6.07) is 17.3. The molecule has 1 saturated heterocycles. The highest BCUT2D eigenvalue weighted by molar-refractivity contribution is 5.85.